The van der Waals surface area contributed by atoms with Crippen molar-refractivity contribution in [3.63, 3.8) is 0 Å². The standard InChI is InChI=1S/C27H40O2S2/c1-3-5-6-8-19-9-11-20(12-10-19)21-13-15-23(16-14-21)29-26(28)25-18-22-17-24(7-4-2)30-27(22)31-25/h17-21,23H,3-16H2,1-2H3/t19-,20-,21-,23-. The van der Waals surface area contributed by atoms with Crippen molar-refractivity contribution in [3.8, 4) is 0 Å². The molecule has 0 spiro atoms. The zero-order valence-corrected chi connectivity index (χ0v) is 21.1. The van der Waals surface area contributed by atoms with Crippen molar-refractivity contribution in [2.75, 3.05) is 0 Å². The second-order valence-electron chi connectivity index (χ2n) is 10.0. The molecule has 2 aliphatic rings. The molecule has 4 heteroatoms. The monoisotopic (exact) mass is 460 g/mol. The molecule has 2 fully saturated rings. The molecule has 0 unspecified atom stereocenters. The Bertz CT molecular complexity index is 788. The lowest BCUT2D eigenvalue weighted by atomic mass is 9.70. The number of carbonyl (C=O) groups excluding carboxylic acids is 1. The fourth-order valence-electron chi connectivity index (χ4n) is 5.88. The molecule has 31 heavy (non-hydrogen) atoms. The van der Waals surface area contributed by atoms with Crippen LogP contribution in [-0.2, 0) is 11.2 Å². The average Bonchev–Trinajstić information content (AvgIpc) is 3.34. The number of hydrogen-bond donors (Lipinski definition) is 0. The third-order valence-corrected chi connectivity index (χ3v) is 10.2. The summed E-state index contributed by atoms with van der Waals surface area (Å²) in [5.74, 6) is 2.70. The maximum atomic E-state index is 12.7. The molecule has 4 rings (SSSR count). The molecule has 0 aromatic carbocycles. The van der Waals surface area contributed by atoms with E-state index >= 15 is 0 Å². The highest BCUT2D eigenvalue weighted by Crippen LogP contribution is 2.42. The number of thiophene rings is 2. The Hall–Kier alpha value is -0.870. The lowest BCUT2D eigenvalue weighted by Gasteiger charge is -2.37. The van der Waals surface area contributed by atoms with Crippen molar-refractivity contribution < 1.29 is 9.53 Å². The second kappa shape index (κ2) is 11.3. The van der Waals surface area contributed by atoms with Gasteiger partial charge in [-0.25, -0.2) is 4.79 Å². The van der Waals surface area contributed by atoms with E-state index in [1.807, 2.05) is 17.4 Å². The van der Waals surface area contributed by atoms with Gasteiger partial charge in [-0.3, -0.25) is 0 Å². The predicted octanol–water partition coefficient (Wildman–Crippen LogP) is 9.02. The van der Waals surface area contributed by atoms with E-state index in [9.17, 15) is 4.79 Å². The summed E-state index contributed by atoms with van der Waals surface area (Å²) in [6.07, 6.45) is 18.5. The van der Waals surface area contributed by atoms with Crippen LogP contribution in [0.4, 0.5) is 0 Å². The molecule has 2 nitrogen and oxygen atoms in total. The number of ether oxygens (including phenoxy) is 1. The molecule has 172 valence electrons. The van der Waals surface area contributed by atoms with Crippen LogP contribution in [0.2, 0.25) is 0 Å². The van der Waals surface area contributed by atoms with Crippen LogP contribution in [0, 0.1) is 17.8 Å². The van der Waals surface area contributed by atoms with Gasteiger partial charge in [0, 0.05) is 10.3 Å². The number of rotatable bonds is 9. The highest BCUT2D eigenvalue weighted by atomic mass is 32.2. The summed E-state index contributed by atoms with van der Waals surface area (Å²) >= 11 is 3.45. The first kappa shape index (κ1) is 23.3. The van der Waals surface area contributed by atoms with E-state index in [0.29, 0.717) is 0 Å². The summed E-state index contributed by atoms with van der Waals surface area (Å²) < 4.78 is 7.21. The summed E-state index contributed by atoms with van der Waals surface area (Å²) in [5, 5.41) is 1.22. The van der Waals surface area contributed by atoms with Gasteiger partial charge in [-0.2, -0.15) is 0 Å². The van der Waals surface area contributed by atoms with Crippen LogP contribution in [0.25, 0.3) is 9.40 Å². The molecule has 0 atom stereocenters. The van der Waals surface area contributed by atoms with Crippen LogP contribution in [-0.4, -0.2) is 12.1 Å². The van der Waals surface area contributed by atoms with Crippen molar-refractivity contribution in [1.29, 1.82) is 0 Å². The zero-order chi connectivity index (χ0) is 21.6. The Balaban J connectivity index is 1.20. The number of esters is 1. The van der Waals surface area contributed by atoms with Gasteiger partial charge in [-0.15, -0.1) is 22.7 Å². The van der Waals surface area contributed by atoms with Crippen molar-refractivity contribution in [2.24, 2.45) is 17.8 Å². The first-order valence-corrected chi connectivity index (χ1v) is 14.5. The first-order valence-electron chi connectivity index (χ1n) is 12.9. The van der Waals surface area contributed by atoms with Crippen molar-refractivity contribution in [3.05, 3.63) is 21.9 Å². The van der Waals surface area contributed by atoms with Crippen LogP contribution < -0.4 is 0 Å². The lowest BCUT2D eigenvalue weighted by Crippen LogP contribution is -2.29. The molecule has 2 aromatic rings. The molecule has 0 bridgehead atoms. The maximum absolute atomic E-state index is 12.7. The molecule has 0 aliphatic heterocycles. The van der Waals surface area contributed by atoms with E-state index in [2.05, 4.69) is 19.9 Å². The Morgan fingerprint density at radius 3 is 2.26 bits per heavy atom. The Labute approximate surface area is 196 Å². The zero-order valence-electron chi connectivity index (χ0n) is 19.5. The van der Waals surface area contributed by atoms with E-state index in [0.717, 1.165) is 41.9 Å². The minimum Gasteiger partial charge on any atom is -0.458 e. The van der Waals surface area contributed by atoms with Gasteiger partial charge in [0.15, 0.2) is 0 Å². The molecular weight excluding hydrogens is 420 g/mol. The first-order chi connectivity index (χ1) is 15.2. The number of aryl methyl sites for hydroxylation is 1. The summed E-state index contributed by atoms with van der Waals surface area (Å²) in [5.41, 5.74) is 0. The smallest absolute Gasteiger partial charge is 0.348 e. The molecule has 2 saturated carbocycles. The van der Waals surface area contributed by atoms with Crippen LogP contribution in [0.3, 0.4) is 0 Å². The van der Waals surface area contributed by atoms with Crippen LogP contribution in [0.5, 0.6) is 0 Å². The van der Waals surface area contributed by atoms with Crippen LogP contribution in [0.15, 0.2) is 12.1 Å². The summed E-state index contributed by atoms with van der Waals surface area (Å²) in [4.78, 5) is 14.9. The van der Waals surface area contributed by atoms with Crippen molar-refractivity contribution >= 4 is 38.0 Å². The number of carbonyl (C=O) groups is 1. The minimum atomic E-state index is -0.0959. The lowest BCUT2D eigenvalue weighted by molar-refractivity contribution is 0.0114. The third kappa shape index (κ3) is 6.13. The SMILES string of the molecule is CCCCC[C@H]1CC[C@H]([C@H]2CC[C@H](OC(=O)c3cc4cc(CCC)sc4s3)CC2)CC1. The van der Waals surface area contributed by atoms with E-state index in [-0.39, 0.29) is 12.1 Å². The van der Waals surface area contributed by atoms with Crippen LogP contribution >= 0.6 is 22.7 Å². The summed E-state index contributed by atoms with van der Waals surface area (Å²) in [7, 11) is 0. The molecule has 2 heterocycles. The Morgan fingerprint density at radius 2 is 1.61 bits per heavy atom. The molecule has 0 saturated heterocycles. The molecule has 2 aromatic heterocycles. The van der Waals surface area contributed by atoms with Gasteiger partial charge >= 0.3 is 5.97 Å². The molecule has 0 N–H and O–H groups in total. The van der Waals surface area contributed by atoms with E-state index in [1.165, 1.54) is 84.9 Å². The van der Waals surface area contributed by atoms with Gasteiger partial charge in [0.25, 0.3) is 0 Å². The van der Waals surface area contributed by atoms with Crippen LogP contribution in [0.1, 0.15) is 112 Å². The Morgan fingerprint density at radius 1 is 0.903 bits per heavy atom. The van der Waals surface area contributed by atoms with Gasteiger partial charge in [0.2, 0.25) is 0 Å². The second-order valence-corrected chi connectivity index (χ2v) is 12.5. The van der Waals surface area contributed by atoms with Gasteiger partial charge in [-0.1, -0.05) is 58.8 Å². The van der Waals surface area contributed by atoms with E-state index < -0.39 is 0 Å². The fourth-order valence-corrected chi connectivity index (χ4v) is 8.36. The molecule has 2 aliphatic carbocycles. The maximum Gasteiger partial charge on any atom is 0.348 e. The predicted molar refractivity (Wildman–Crippen MR) is 134 cm³/mol. The summed E-state index contributed by atoms with van der Waals surface area (Å²) in [6, 6.07) is 4.29. The van der Waals surface area contributed by atoms with E-state index in [1.54, 1.807) is 11.3 Å². The average molecular weight is 461 g/mol. The highest BCUT2D eigenvalue weighted by molar-refractivity contribution is 7.39. The number of fused-ring (bicyclic) bond motifs is 1. The van der Waals surface area contributed by atoms with Gasteiger partial charge in [-0.05, 0) is 74.8 Å². The number of hydrogen-bond acceptors (Lipinski definition) is 4. The normalized spacial score (nSPS) is 26.9. The van der Waals surface area contributed by atoms with Gasteiger partial charge in [0.05, 0.1) is 4.01 Å². The highest BCUT2D eigenvalue weighted by Gasteiger charge is 2.32. The van der Waals surface area contributed by atoms with E-state index in [4.69, 9.17) is 4.74 Å². The quantitative estimate of drug-likeness (QED) is 0.275. The Kier molecular flexibility index (Phi) is 8.50. The number of unbranched alkanes of at least 4 members (excludes halogenated alkanes) is 2. The van der Waals surface area contributed by atoms with Crippen molar-refractivity contribution in [1.82, 2.24) is 0 Å². The van der Waals surface area contributed by atoms with Crippen molar-refractivity contribution in [2.45, 2.75) is 110 Å². The largest absolute Gasteiger partial charge is 0.458 e. The molecular formula is C27H40O2S2. The fraction of sp³-hybridized carbons (Fsp3) is 0.741. The molecule has 0 radical (unpaired) electrons. The third-order valence-electron chi connectivity index (χ3n) is 7.73. The molecule has 0 amide bonds. The topological polar surface area (TPSA) is 26.3 Å². The van der Waals surface area contributed by atoms with Gasteiger partial charge in [0.1, 0.15) is 11.0 Å². The minimum absolute atomic E-state index is 0.0959. The van der Waals surface area contributed by atoms with Gasteiger partial charge < -0.3 is 4.74 Å². The summed E-state index contributed by atoms with van der Waals surface area (Å²) in [6.45, 7) is 4.52.